The lowest BCUT2D eigenvalue weighted by Gasteiger charge is -2.35. The van der Waals surface area contributed by atoms with Crippen molar-refractivity contribution in [2.45, 2.75) is 6.54 Å². The summed E-state index contributed by atoms with van der Waals surface area (Å²) in [6.45, 7) is 4.63. The third kappa shape index (κ3) is 4.09. The van der Waals surface area contributed by atoms with Gasteiger partial charge in [-0.15, -0.1) is 5.10 Å². The largest absolute Gasteiger partial charge is 0.497 e. The quantitative estimate of drug-likeness (QED) is 0.671. The van der Waals surface area contributed by atoms with E-state index in [0.29, 0.717) is 0 Å². The molecular weight excluding hydrogens is 363 g/mol. The average Bonchev–Trinajstić information content (AvgIpc) is 3.17. The molecule has 1 aromatic heterocycles. The summed E-state index contributed by atoms with van der Waals surface area (Å²) in [6, 6.07) is 14.7. The molecule has 1 aliphatic rings. The molecule has 1 fully saturated rings. The van der Waals surface area contributed by atoms with Crippen LogP contribution in [0.2, 0.25) is 0 Å². The molecule has 1 saturated heterocycles. The lowest BCUT2D eigenvalue weighted by atomic mass is 10.1. The zero-order chi connectivity index (χ0) is 18.6. The van der Waals surface area contributed by atoms with Crippen LogP contribution in [-0.4, -0.2) is 47.8 Å². The molecule has 0 aliphatic carbocycles. The molecule has 2 aromatic carbocycles. The van der Waals surface area contributed by atoms with E-state index in [9.17, 15) is 4.39 Å². The van der Waals surface area contributed by atoms with Crippen LogP contribution >= 0.6 is 11.5 Å². The molecule has 0 unspecified atom stereocenters. The minimum absolute atomic E-state index is 0.229. The topological polar surface area (TPSA) is 41.5 Å². The second kappa shape index (κ2) is 8.02. The Balaban J connectivity index is 1.38. The van der Waals surface area contributed by atoms with Gasteiger partial charge in [0.2, 0.25) is 0 Å². The van der Waals surface area contributed by atoms with Crippen LogP contribution in [0.1, 0.15) is 5.69 Å². The van der Waals surface area contributed by atoms with E-state index in [1.54, 1.807) is 19.2 Å². The molecule has 0 amide bonds. The number of hydrogen-bond acceptors (Lipinski definition) is 6. The van der Waals surface area contributed by atoms with Crippen molar-refractivity contribution in [3.8, 4) is 16.2 Å². The predicted octanol–water partition coefficient (Wildman–Crippen LogP) is 3.68. The number of anilines is 1. The van der Waals surface area contributed by atoms with Gasteiger partial charge in [0.15, 0.2) is 0 Å². The van der Waals surface area contributed by atoms with Gasteiger partial charge in [-0.1, -0.05) is 16.6 Å². The fourth-order valence-electron chi connectivity index (χ4n) is 3.30. The summed E-state index contributed by atoms with van der Waals surface area (Å²) >= 11 is 1.37. The van der Waals surface area contributed by atoms with Gasteiger partial charge in [-0.05, 0) is 53.5 Å². The molecular formula is C20H21FN4OS. The molecule has 0 radical (unpaired) electrons. The highest BCUT2D eigenvalue weighted by Crippen LogP contribution is 2.28. The smallest absolute Gasteiger partial charge is 0.123 e. The number of nitrogens with zero attached hydrogens (tertiary/aromatic N) is 4. The molecule has 7 heteroatoms. The van der Waals surface area contributed by atoms with E-state index in [4.69, 9.17) is 4.74 Å². The highest BCUT2D eigenvalue weighted by atomic mass is 32.1. The van der Waals surface area contributed by atoms with E-state index in [1.807, 2.05) is 12.1 Å². The summed E-state index contributed by atoms with van der Waals surface area (Å²) in [5.41, 5.74) is 3.15. The molecule has 2 heterocycles. The van der Waals surface area contributed by atoms with Crippen LogP contribution in [0.4, 0.5) is 10.1 Å². The zero-order valence-electron chi connectivity index (χ0n) is 15.1. The Bertz CT molecular complexity index is 874. The van der Waals surface area contributed by atoms with Gasteiger partial charge in [0, 0.05) is 38.4 Å². The fraction of sp³-hybridized carbons (Fsp3) is 0.300. The standard InChI is InChI=1S/C20H21FN4OS/c1-26-18-8-6-17(7-9-18)25-12-10-24(11-13-25)14-19-20(27-23-22-19)15-2-4-16(21)5-3-15/h2-9H,10-14H2,1H3. The fourth-order valence-corrected chi connectivity index (χ4v) is 3.97. The van der Waals surface area contributed by atoms with Gasteiger partial charge in [-0.25, -0.2) is 4.39 Å². The maximum Gasteiger partial charge on any atom is 0.123 e. The molecule has 27 heavy (non-hydrogen) atoms. The van der Waals surface area contributed by atoms with Gasteiger partial charge in [-0.2, -0.15) is 0 Å². The monoisotopic (exact) mass is 384 g/mol. The molecule has 0 spiro atoms. The van der Waals surface area contributed by atoms with Gasteiger partial charge in [-0.3, -0.25) is 4.90 Å². The maximum atomic E-state index is 13.2. The van der Waals surface area contributed by atoms with E-state index in [1.165, 1.54) is 29.4 Å². The number of ether oxygens (including phenoxy) is 1. The number of aromatic nitrogens is 2. The summed E-state index contributed by atoms with van der Waals surface area (Å²) in [5, 5.41) is 4.31. The second-order valence-electron chi connectivity index (χ2n) is 6.52. The number of piperazine rings is 1. The summed E-state index contributed by atoms with van der Waals surface area (Å²) in [5.74, 6) is 0.647. The molecule has 0 saturated carbocycles. The van der Waals surface area contributed by atoms with Crippen molar-refractivity contribution in [1.29, 1.82) is 0 Å². The lowest BCUT2D eigenvalue weighted by molar-refractivity contribution is 0.247. The van der Waals surface area contributed by atoms with E-state index in [2.05, 4.69) is 31.5 Å². The van der Waals surface area contributed by atoms with E-state index < -0.39 is 0 Å². The first kappa shape index (κ1) is 17.9. The Morgan fingerprint density at radius 3 is 2.37 bits per heavy atom. The van der Waals surface area contributed by atoms with Gasteiger partial charge >= 0.3 is 0 Å². The van der Waals surface area contributed by atoms with Crippen LogP contribution in [0.25, 0.3) is 10.4 Å². The van der Waals surface area contributed by atoms with Crippen molar-refractivity contribution in [2.75, 3.05) is 38.2 Å². The second-order valence-corrected chi connectivity index (χ2v) is 7.27. The van der Waals surface area contributed by atoms with Crippen molar-refractivity contribution in [2.24, 2.45) is 0 Å². The summed E-state index contributed by atoms with van der Waals surface area (Å²) in [7, 11) is 1.68. The van der Waals surface area contributed by atoms with E-state index in [0.717, 1.165) is 54.6 Å². The van der Waals surface area contributed by atoms with Crippen molar-refractivity contribution in [3.63, 3.8) is 0 Å². The average molecular weight is 384 g/mol. The highest BCUT2D eigenvalue weighted by Gasteiger charge is 2.20. The summed E-state index contributed by atoms with van der Waals surface area (Å²) in [4.78, 5) is 5.80. The molecule has 3 aromatic rings. The van der Waals surface area contributed by atoms with Crippen LogP contribution in [0.3, 0.4) is 0 Å². The predicted molar refractivity (Wildman–Crippen MR) is 106 cm³/mol. The van der Waals surface area contributed by atoms with Gasteiger partial charge in [0.1, 0.15) is 11.6 Å². The van der Waals surface area contributed by atoms with Crippen LogP contribution in [0, 0.1) is 5.82 Å². The number of hydrogen-bond donors (Lipinski definition) is 0. The number of benzene rings is 2. The summed E-state index contributed by atoms with van der Waals surface area (Å²) < 4.78 is 22.5. The van der Waals surface area contributed by atoms with E-state index in [-0.39, 0.29) is 5.82 Å². The normalized spacial score (nSPS) is 15.1. The van der Waals surface area contributed by atoms with E-state index >= 15 is 0 Å². The van der Waals surface area contributed by atoms with Crippen LogP contribution in [-0.2, 0) is 6.54 Å². The Labute approximate surface area is 162 Å². The Morgan fingerprint density at radius 2 is 1.70 bits per heavy atom. The number of halogens is 1. The molecule has 0 atom stereocenters. The lowest BCUT2D eigenvalue weighted by Crippen LogP contribution is -2.46. The number of methoxy groups -OCH3 is 1. The molecule has 0 N–H and O–H groups in total. The van der Waals surface area contributed by atoms with Gasteiger partial charge < -0.3 is 9.64 Å². The minimum atomic E-state index is -0.229. The molecule has 0 bridgehead atoms. The van der Waals surface area contributed by atoms with Crippen molar-refractivity contribution in [1.82, 2.24) is 14.5 Å². The Hall–Kier alpha value is -2.51. The zero-order valence-corrected chi connectivity index (χ0v) is 16.0. The first-order valence-corrected chi connectivity index (χ1v) is 9.69. The van der Waals surface area contributed by atoms with Crippen molar-refractivity contribution in [3.05, 3.63) is 60.0 Å². The Kier molecular flexibility index (Phi) is 5.31. The Morgan fingerprint density at radius 1 is 1.00 bits per heavy atom. The third-order valence-electron chi connectivity index (χ3n) is 4.85. The molecule has 140 valence electrons. The van der Waals surface area contributed by atoms with Crippen LogP contribution in [0.15, 0.2) is 48.5 Å². The SMILES string of the molecule is COc1ccc(N2CCN(Cc3nnsc3-c3ccc(F)cc3)CC2)cc1. The minimum Gasteiger partial charge on any atom is -0.497 e. The molecule has 1 aliphatic heterocycles. The van der Waals surface area contributed by atoms with Gasteiger partial charge in [0.05, 0.1) is 17.7 Å². The summed E-state index contributed by atoms with van der Waals surface area (Å²) in [6.07, 6.45) is 0. The molecule has 4 rings (SSSR count). The number of rotatable bonds is 5. The van der Waals surface area contributed by atoms with Crippen molar-refractivity contribution >= 4 is 17.2 Å². The third-order valence-corrected chi connectivity index (χ3v) is 5.66. The molecule has 5 nitrogen and oxygen atoms in total. The van der Waals surface area contributed by atoms with Crippen molar-refractivity contribution < 1.29 is 9.13 Å². The first-order chi connectivity index (χ1) is 13.2. The maximum absolute atomic E-state index is 13.2. The highest BCUT2D eigenvalue weighted by molar-refractivity contribution is 7.09. The van der Waals surface area contributed by atoms with Gasteiger partial charge in [0.25, 0.3) is 0 Å². The van der Waals surface area contributed by atoms with Crippen LogP contribution in [0.5, 0.6) is 5.75 Å². The van der Waals surface area contributed by atoms with Crippen LogP contribution < -0.4 is 9.64 Å². The first-order valence-electron chi connectivity index (χ1n) is 8.91.